The van der Waals surface area contributed by atoms with Gasteiger partial charge < -0.3 is 5.32 Å². The molecule has 2 atom stereocenters. The number of rotatable bonds is 5. The summed E-state index contributed by atoms with van der Waals surface area (Å²) in [5.74, 6) is 1.08. The van der Waals surface area contributed by atoms with Crippen molar-refractivity contribution in [1.82, 2.24) is 10.3 Å². The highest BCUT2D eigenvalue weighted by atomic mass is 15.1. The van der Waals surface area contributed by atoms with E-state index >= 15 is 0 Å². The normalized spacial score (nSPS) is 19.3. The van der Waals surface area contributed by atoms with Gasteiger partial charge in [-0.1, -0.05) is 66.7 Å². The summed E-state index contributed by atoms with van der Waals surface area (Å²) in [5, 5.41) is 3.65. The molecular formula is C22H21N3. The molecule has 1 aliphatic heterocycles. The Balaban J connectivity index is 1.57. The summed E-state index contributed by atoms with van der Waals surface area (Å²) >= 11 is 0. The summed E-state index contributed by atoms with van der Waals surface area (Å²) < 4.78 is 0. The van der Waals surface area contributed by atoms with Crippen LogP contribution in [-0.2, 0) is 6.42 Å². The number of benzene rings is 2. The summed E-state index contributed by atoms with van der Waals surface area (Å²) in [4.78, 5) is 9.28. The van der Waals surface area contributed by atoms with Crippen molar-refractivity contribution in [1.29, 1.82) is 0 Å². The second kappa shape index (κ2) is 7.31. The van der Waals surface area contributed by atoms with Gasteiger partial charge in [0.1, 0.15) is 6.04 Å². The van der Waals surface area contributed by atoms with Crippen LogP contribution in [0.15, 0.2) is 90.2 Å². The zero-order valence-electron chi connectivity index (χ0n) is 14.0. The first-order chi connectivity index (χ1) is 12.4. The molecule has 0 amide bonds. The Hall–Kier alpha value is -2.94. The average Bonchev–Trinajstić information content (AvgIpc) is 3.13. The smallest absolute Gasteiger partial charge is 0.103 e. The van der Waals surface area contributed by atoms with E-state index in [9.17, 15) is 0 Å². The quantitative estimate of drug-likeness (QED) is 0.749. The first-order valence-electron chi connectivity index (χ1n) is 8.72. The van der Waals surface area contributed by atoms with Gasteiger partial charge in [-0.2, -0.15) is 0 Å². The lowest BCUT2D eigenvalue weighted by molar-refractivity contribution is 0.570. The number of nitrogens with zero attached hydrogens (tertiary/aromatic N) is 2. The molecule has 124 valence electrons. The maximum Gasteiger partial charge on any atom is 0.103 e. The van der Waals surface area contributed by atoms with Crippen LogP contribution in [0.1, 0.15) is 35.2 Å². The number of aromatic nitrogens is 1. The highest BCUT2D eigenvalue weighted by Gasteiger charge is 2.30. The van der Waals surface area contributed by atoms with Crippen molar-refractivity contribution in [2.75, 3.05) is 0 Å². The largest absolute Gasteiger partial charge is 0.364 e. The van der Waals surface area contributed by atoms with Gasteiger partial charge in [-0.3, -0.25) is 9.98 Å². The number of nitrogens with one attached hydrogen (secondary N) is 1. The van der Waals surface area contributed by atoms with Crippen molar-refractivity contribution in [2.24, 2.45) is 4.99 Å². The zero-order valence-corrected chi connectivity index (χ0v) is 14.0. The average molecular weight is 327 g/mol. The van der Waals surface area contributed by atoms with Gasteiger partial charge in [0.05, 0.1) is 11.9 Å². The van der Waals surface area contributed by atoms with E-state index in [2.05, 4.69) is 77.0 Å². The molecule has 1 aromatic heterocycles. The van der Waals surface area contributed by atoms with Crippen molar-refractivity contribution < 1.29 is 0 Å². The van der Waals surface area contributed by atoms with Gasteiger partial charge in [-0.25, -0.2) is 0 Å². The topological polar surface area (TPSA) is 37.3 Å². The molecule has 0 saturated heterocycles. The molecule has 4 rings (SSSR count). The Kier molecular flexibility index (Phi) is 4.55. The highest BCUT2D eigenvalue weighted by molar-refractivity contribution is 5.85. The van der Waals surface area contributed by atoms with Crippen LogP contribution < -0.4 is 5.32 Å². The lowest BCUT2D eigenvalue weighted by atomic mass is 9.96. The second-order valence-corrected chi connectivity index (χ2v) is 6.33. The number of aryl methyl sites for hydroxylation is 1. The van der Waals surface area contributed by atoms with E-state index in [4.69, 9.17) is 4.99 Å². The number of hydrogen-bond donors (Lipinski definition) is 1. The maximum absolute atomic E-state index is 5.00. The van der Waals surface area contributed by atoms with E-state index < -0.39 is 0 Å². The molecular weight excluding hydrogens is 306 g/mol. The van der Waals surface area contributed by atoms with Gasteiger partial charge in [0.15, 0.2) is 0 Å². The molecule has 2 aromatic carbocycles. The standard InChI is InChI=1S/C22H21N3/c1-3-8-17(9-4-1)13-14-20-24-21(18-10-5-2-6-11-18)22(25-20)19-12-7-15-23-16-19/h1-12,15-16,21-22H,13-14H2,(H,24,25)/t21-,22+/m0/s1. The van der Waals surface area contributed by atoms with Gasteiger partial charge in [0, 0.05) is 18.8 Å². The number of hydrogen-bond acceptors (Lipinski definition) is 3. The minimum Gasteiger partial charge on any atom is -0.364 e. The van der Waals surface area contributed by atoms with Gasteiger partial charge >= 0.3 is 0 Å². The lowest BCUT2D eigenvalue weighted by Gasteiger charge is -2.19. The summed E-state index contributed by atoms with van der Waals surface area (Å²) in [6.45, 7) is 0. The van der Waals surface area contributed by atoms with E-state index in [1.165, 1.54) is 11.1 Å². The predicted octanol–water partition coefficient (Wildman–Crippen LogP) is 4.50. The molecule has 2 heterocycles. The van der Waals surface area contributed by atoms with E-state index in [-0.39, 0.29) is 12.1 Å². The molecule has 0 radical (unpaired) electrons. The first-order valence-corrected chi connectivity index (χ1v) is 8.72. The Labute approximate surface area is 148 Å². The van der Waals surface area contributed by atoms with Crippen molar-refractivity contribution in [3.8, 4) is 0 Å². The van der Waals surface area contributed by atoms with Crippen LogP contribution in [0.3, 0.4) is 0 Å². The SMILES string of the molecule is c1ccc(CCC2=N[C@H](c3cccnc3)[C@H](c3ccccc3)N2)cc1. The molecule has 0 bridgehead atoms. The van der Waals surface area contributed by atoms with E-state index in [1.54, 1.807) is 0 Å². The molecule has 0 saturated carbocycles. The van der Waals surface area contributed by atoms with Gasteiger partial charge in [0.25, 0.3) is 0 Å². The minimum atomic E-state index is 0.0712. The van der Waals surface area contributed by atoms with Crippen molar-refractivity contribution in [3.63, 3.8) is 0 Å². The van der Waals surface area contributed by atoms with E-state index in [0.29, 0.717) is 0 Å². The Morgan fingerprint density at radius 1 is 0.760 bits per heavy atom. The van der Waals surface area contributed by atoms with Crippen LogP contribution in [-0.4, -0.2) is 10.8 Å². The third-order valence-corrected chi connectivity index (χ3v) is 4.61. The molecule has 25 heavy (non-hydrogen) atoms. The fraction of sp³-hybridized carbons (Fsp3) is 0.182. The predicted molar refractivity (Wildman–Crippen MR) is 101 cm³/mol. The maximum atomic E-state index is 5.00. The lowest BCUT2D eigenvalue weighted by Crippen LogP contribution is -2.24. The third-order valence-electron chi connectivity index (χ3n) is 4.61. The third kappa shape index (κ3) is 3.61. The molecule has 0 aliphatic carbocycles. The van der Waals surface area contributed by atoms with Gasteiger partial charge in [-0.15, -0.1) is 0 Å². The number of pyridine rings is 1. The summed E-state index contributed by atoms with van der Waals surface area (Å²) in [7, 11) is 0. The number of aliphatic imine (C=N–C) groups is 1. The fourth-order valence-corrected chi connectivity index (χ4v) is 3.33. The molecule has 3 nitrogen and oxygen atoms in total. The molecule has 1 N–H and O–H groups in total. The van der Waals surface area contributed by atoms with Crippen LogP contribution in [0.2, 0.25) is 0 Å². The van der Waals surface area contributed by atoms with Crippen LogP contribution in [0.25, 0.3) is 0 Å². The zero-order chi connectivity index (χ0) is 16.9. The molecule has 3 heteroatoms. The monoisotopic (exact) mass is 327 g/mol. The van der Waals surface area contributed by atoms with Crippen molar-refractivity contribution in [3.05, 3.63) is 102 Å². The minimum absolute atomic E-state index is 0.0712. The van der Waals surface area contributed by atoms with Crippen LogP contribution >= 0.6 is 0 Å². The summed E-state index contributed by atoms with van der Waals surface area (Å²) in [6, 6.07) is 25.4. The molecule has 0 unspecified atom stereocenters. The second-order valence-electron chi connectivity index (χ2n) is 6.33. The highest BCUT2D eigenvalue weighted by Crippen LogP contribution is 2.36. The summed E-state index contributed by atoms with van der Waals surface area (Å²) in [6.07, 6.45) is 5.65. The number of amidine groups is 1. The van der Waals surface area contributed by atoms with E-state index in [0.717, 1.165) is 24.2 Å². The molecule has 0 spiro atoms. The fourth-order valence-electron chi connectivity index (χ4n) is 3.33. The van der Waals surface area contributed by atoms with Crippen LogP contribution in [0, 0.1) is 0 Å². The Bertz CT molecular complexity index is 829. The molecule has 3 aromatic rings. The van der Waals surface area contributed by atoms with E-state index in [1.807, 2.05) is 18.5 Å². The molecule has 1 aliphatic rings. The molecule has 0 fully saturated rings. The van der Waals surface area contributed by atoms with Gasteiger partial charge in [-0.05, 0) is 29.2 Å². The van der Waals surface area contributed by atoms with Crippen LogP contribution in [0.4, 0.5) is 0 Å². The first kappa shape index (κ1) is 15.6. The Morgan fingerprint density at radius 2 is 1.48 bits per heavy atom. The summed E-state index contributed by atoms with van der Waals surface area (Å²) in [5.41, 5.74) is 3.75. The van der Waals surface area contributed by atoms with Crippen molar-refractivity contribution >= 4 is 5.84 Å². The van der Waals surface area contributed by atoms with Gasteiger partial charge in [0.2, 0.25) is 0 Å². The van der Waals surface area contributed by atoms with Crippen LogP contribution in [0.5, 0.6) is 0 Å². The van der Waals surface area contributed by atoms with Crippen molar-refractivity contribution in [2.45, 2.75) is 24.9 Å². The Morgan fingerprint density at radius 3 is 2.20 bits per heavy atom.